The molecular weight excluding hydrogens is 310 g/mol. The number of nitrogens with one attached hydrogen (secondary N) is 1. The first kappa shape index (κ1) is 13.5. The molecule has 18 heavy (non-hydrogen) atoms. The summed E-state index contributed by atoms with van der Waals surface area (Å²) in [5, 5.41) is 3.31. The van der Waals surface area contributed by atoms with Gasteiger partial charge in [0.25, 0.3) is 0 Å². The lowest BCUT2D eigenvalue weighted by Gasteiger charge is -2.11. The quantitative estimate of drug-likeness (QED) is 0.912. The topological polar surface area (TPSA) is 37.8 Å². The number of anilines is 1. The summed E-state index contributed by atoms with van der Waals surface area (Å²) in [4.78, 5) is 10.4. The van der Waals surface area contributed by atoms with Crippen molar-refractivity contribution in [1.29, 1.82) is 0 Å². The molecule has 0 fully saturated rings. The summed E-state index contributed by atoms with van der Waals surface area (Å²) < 4.78 is 1.10. The zero-order chi connectivity index (χ0) is 13.1. The largest absolute Gasteiger partial charge is 0.370 e. The third-order valence-corrected chi connectivity index (χ3v) is 4.34. The molecule has 5 heteroatoms. The van der Waals surface area contributed by atoms with Crippen LogP contribution in [-0.4, -0.2) is 16.5 Å². The molecule has 3 nitrogen and oxygen atoms in total. The van der Waals surface area contributed by atoms with Crippen LogP contribution in [0.3, 0.4) is 0 Å². The number of halogens is 1. The standard InChI is InChI=1S/C13H16BrN3S/c1-4-9-8(3)12(15-5-2)17-13(16-9)10-6-7-11(14)18-10/h6-7H,4-5H2,1-3H3,(H,15,16,17). The lowest BCUT2D eigenvalue weighted by Crippen LogP contribution is -2.07. The lowest BCUT2D eigenvalue weighted by molar-refractivity contribution is 0.972. The van der Waals surface area contributed by atoms with Crippen LogP contribution in [0.4, 0.5) is 5.82 Å². The van der Waals surface area contributed by atoms with Crippen LogP contribution in [0.1, 0.15) is 25.1 Å². The maximum absolute atomic E-state index is 4.66. The molecule has 1 N–H and O–H groups in total. The Balaban J connectivity index is 2.51. The zero-order valence-electron chi connectivity index (χ0n) is 10.7. The summed E-state index contributed by atoms with van der Waals surface area (Å²) in [7, 11) is 0. The Morgan fingerprint density at radius 2 is 2.06 bits per heavy atom. The van der Waals surface area contributed by atoms with Crippen molar-refractivity contribution in [2.24, 2.45) is 0 Å². The normalized spacial score (nSPS) is 10.7. The van der Waals surface area contributed by atoms with E-state index in [9.17, 15) is 0 Å². The first-order chi connectivity index (χ1) is 8.65. The lowest BCUT2D eigenvalue weighted by atomic mass is 10.2. The Morgan fingerprint density at radius 1 is 1.28 bits per heavy atom. The fraction of sp³-hybridized carbons (Fsp3) is 0.385. The van der Waals surface area contributed by atoms with Crippen LogP contribution >= 0.6 is 27.3 Å². The van der Waals surface area contributed by atoms with E-state index in [2.05, 4.69) is 58.1 Å². The molecule has 2 rings (SSSR count). The van der Waals surface area contributed by atoms with Crippen LogP contribution in [0.5, 0.6) is 0 Å². The minimum absolute atomic E-state index is 0.809. The van der Waals surface area contributed by atoms with E-state index >= 15 is 0 Å². The summed E-state index contributed by atoms with van der Waals surface area (Å²) >= 11 is 5.13. The molecule has 0 aliphatic carbocycles. The molecule has 0 aliphatic rings. The van der Waals surface area contributed by atoms with Gasteiger partial charge < -0.3 is 5.32 Å². The Kier molecular flexibility index (Phi) is 4.35. The monoisotopic (exact) mass is 325 g/mol. The van der Waals surface area contributed by atoms with Crippen molar-refractivity contribution in [3.8, 4) is 10.7 Å². The van der Waals surface area contributed by atoms with E-state index in [1.54, 1.807) is 11.3 Å². The van der Waals surface area contributed by atoms with Crippen molar-refractivity contribution in [3.05, 3.63) is 27.2 Å². The summed E-state index contributed by atoms with van der Waals surface area (Å²) in [6.45, 7) is 7.15. The molecule has 0 amide bonds. The molecular formula is C13H16BrN3S. The van der Waals surface area contributed by atoms with E-state index < -0.39 is 0 Å². The number of thiophene rings is 1. The van der Waals surface area contributed by atoms with Crippen molar-refractivity contribution in [1.82, 2.24) is 9.97 Å². The van der Waals surface area contributed by atoms with Crippen molar-refractivity contribution in [2.45, 2.75) is 27.2 Å². The van der Waals surface area contributed by atoms with Gasteiger partial charge in [-0.25, -0.2) is 9.97 Å². The fourth-order valence-corrected chi connectivity index (χ4v) is 3.11. The Labute approximate surface area is 120 Å². The van der Waals surface area contributed by atoms with Gasteiger partial charge in [-0.3, -0.25) is 0 Å². The van der Waals surface area contributed by atoms with Crippen molar-refractivity contribution >= 4 is 33.1 Å². The molecule has 0 saturated heterocycles. The van der Waals surface area contributed by atoms with Gasteiger partial charge in [-0.05, 0) is 48.3 Å². The first-order valence-electron chi connectivity index (χ1n) is 6.02. The highest BCUT2D eigenvalue weighted by atomic mass is 79.9. The van der Waals surface area contributed by atoms with Gasteiger partial charge >= 0.3 is 0 Å². The molecule has 0 bridgehead atoms. The fourth-order valence-electron chi connectivity index (χ4n) is 1.79. The van der Waals surface area contributed by atoms with Crippen LogP contribution in [0.2, 0.25) is 0 Å². The summed E-state index contributed by atoms with van der Waals surface area (Å²) in [6, 6.07) is 4.08. The summed E-state index contributed by atoms with van der Waals surface area (Å²) in [5.41, 5.74) is 2.26. The molecule has 0 aromatic carbocycles. The highest BCUT2D eigenvalue weighted by Gasteiger charge is 2.12. The zero-order valence-corrected chi connectivity index (χ0v) is 13.2. The molecule has 2 aromatic heterocycles. The molecule has 0 saturated carbocycles. The number of hydrogen-bond acceptors (Lipinski definition) is 4. The minimum Gasteiger partial charge on any atom is -0.370 e. The van der Waals surface area contributed by atoms with Crippen LogP contribution in [0.15, 0.2) is 15.9 Å². The van der Waals surface area contributed by atoms with Crippen molar-refractivity contribution < 1.29 is 0 Å². The van der Waals surface area contributed by atoms with E-state index in [0.29, 0.717) is 0 Å². The number of aryl methyl sites for hydroxylation is 1. The van der Waals surface area contributed by atoms with Gasteiger partial charge in [0.05, 0.1) is 8.66 Å². The molecule has 2 aromatic rings. The number of rotatable bonds is 4. The Bertz CT molecular complexity index is 551. The maximum atomic E-state index is 4.66. The van der Waals surface area contributed by atoms with Crippen LogP contribution in [-0.2, 0) is 6.42 Å². The van der Waals surface area contributed by atoms with Gasteiger partial charge in [-0.1, -0.05) is 6.92 Å². The van der Waals surface area contributed by atoms with E-state index in [1.165, 1.54) is 0 Å². The molecule has 0 atom stereocenters. The molecule has 0 spiro atoms. The smallest absolute Gasteiger partial charge is 0.171 e. The molecule has 0 radical (unpaired) electrons. The Hall–Kier alpha value is -0.940. The second-order valence-corrected chi connectivity index (χ2v) is 6.42. The molecule has 0 unspecified atom stereocenters. The van der Waals surface area contributed by atoms with E-state index in [1.807, 2.05) is 6.07 Å². The van der Waals surface area contributed by atoms with Crippen molar-refractivity contribution in [2.75, 3.05) is 11.9 Å². The number of hydrogen-bond donors (Lipinski definition) is 1. The average Bonchev–Trinajstić information content (AvgIpc) is 2.79. The van der Waals surface area contributed by atoms with Gasteiger partial charge in [0.2, 0.25) is 0 Å². The predicted octanol–water partition coefficient (Wildman–Crippen LogP) is 4.27. The third kappa shape index (κ3) is 2.72. The van der Waals surface area contributed by atoms with Crippen LogP contribution in [0, 0.1) is 6.92 Å². The number of aromatic nitrogens is 2. The first-order valence-corrected chi connectivity index (χ1v) is 7.63. The van der Waals surface area contributed by atoms with Gasteiger partial charge in [0.1, 0.15) is 5.82 Å². The minimum atomic E-state index is 0.809. The second kappa shape index (κ2) is 5.80. The van der Waals surface area contributed by atoms with Gasteiger partial charge in [-0.2, -0.15) is 0 Å². The second-order valence-electron chi connectivity index (χ2n) is 3.96. The van der Waals surface area contributed by atoms with E-state index in [4.69, 9.17) is 0 Å². The summed E-state index contributed by atoms with van der Waals surface area (Å²) in [6.07, 6.45) is 0.923. The highest BCUT2D eigenvalue weighted by molar-refractivity contribution is 9.11. The molecule has 2 heterocycles. The van der Waals surface area contributed by atoms with Gasteiger partial charge in [0.15, 0.2) is 5.82 Å². The van der Waals surface area contributed by atoms with Crippen molar-refractivity contribution in [3.63, 3.8) is 0 Å². The van der Waals surface area contributed by atoms with E-state index in [-0.39, 0.29) is 0 Å². The van der Waals surface area contributed by atoms with Gasteiger partial charge in [0, 0.05) is 17.8 Å². The van der Waals surface area contributed by atoms with Crippen LogP contribution in [0.25, 0.3) is 10.7 Å². The van der Waals surface area contributed by atoms with E-state index in [0.717, 1.165) is 44.5 Å². The molecule has 0 aliphatic heterocycles. The summed E-state index contributed by atoms with van der Waals surface area (Å²) in [5.74, 6) is 1.76. The maximum Gasteiger partial charge on any atom is 0.171 e. The number of nitrogens with zero attached hydrogens (tertiary/aromatic N) is 2. The van der Waals surface area contributed by atoms with Crippen LogP contribution < -0.4 is 5.32 Å². The highest BCUT2D eigenvalue weighted by Crippen LogP contribution is 2.30. The third-order valence-electron chi connectivity index (χ3n) is 2.72. The Morgan fingerprint density at radius 3 is 2.61 bits per heavy atom. The molecule has 96 valence electrons. The average molecular weight is 326 g/mol. The van der Waals surface area contributed by atoms with Gasteiger partial charge in [-0.15, -0.1) is 11.3 Å². The SMILES string of the molecule is CCNc1nc(-c2ccc(Br)s2)nc(CC)c1C. The predicted molar refractivity (Wildman–Crippen MR) is 81.3 cm³/mol.